The van der Waals surface area contributed by atoms with Crippen molar-refractivity contribution in [3.05, 3.63) is 54.1 Å². The summed E-state index contributed by atoms with van der Waals surface area (Å²) in [5.41, 5.74) is 4.52. The van der Waals surface area contributed by atoms with Crippen molar-refractivity contribution in [1.29, 1.82) is 0 Å². The van der Waals surface area contributed by atoms with Gasteiger partial charge in [-0.1, -0.05) is 57.2 Å². The van der Waals surface area contributed by atoms with Gasteiger partial charge in [-0.3, -0.25) is 4.98 Å². The molecule has 3 aromatic rings. The summed E-state index contributed by atoms with van der Waals surface area (Å²) in [6.07, 6.45) is 0. The largest absolute Gasteiger partial charge is 0.514 e. The van der Waals surface area contributed by atoms with Gasteiger partial charge in [0.25, 0.3) is 0 Å². The fraction of sp³-hybridized carbons (Fsp3) is 0.516. The first-order valence-electron chi connectivity index (χ1n) is 13.7. The number of fused-ring (bicyclic) bond motifs is 1. The molecule has 0 spiro atoms. The summed E-state index contributed by atoms with van der Waals surface area (Å²) >= 11 is 0. The van der Waals surface area contributed by atoms with Crippen LogP contribution in [0.4, 0.5) is 0 Å². The van der Waals surface area contributed by atoms with Crippen LogP contribution in [0.1, 0.15) is 81.7 Å². The van der Waals surface area contributed by atoms with Crippen LogP contribution in [-0.2, 0) is 24.0 Å². The molecule has 38 heavy (non-hydrogen) atoms. The summed E-state index contributed by atoms with van der Waals surface area (Å²) in [5.74, 6) is 0. The van der Waals surface area contributed by atoms with Gasteiger partial charge in [0.1, 0.15) is 0 Å². The first-order chi connectivity index (χ1) is 17.4. The highest BCUT2D eigenvalue weighted by Crippen LogP contribution is 2.39. The van der Waals surface area contributed by atoms with Crippen LogP contribution in [-0.4, -0.2) is 41.6 Å². The molecule has 0 aliphatic carbocycles. The molecule has 2 saturated heterocycles. The van der Waals surface area contributed by atoms with E-state index in [0.29, 0.717) is 0 Å². The molecule has 0 saturated carbocycles. The van der Waals surface area contributed by atoms with Crippen LogP contribution in [0.5, 0.6) is 0 Å². The summed E-state index contributed by atoms with van der Waals surface area (Å²) < 4.78 is 25.5. The Labute approximate surface area is 228 Å². The second kappa shape index (κ2) is 8.66. The molecule has 0 atom stereocenters. The van der Waals surface area contributed by atoms with Crippen LogP contribution in [0.3, 0.4) is 0 Å². The van der Waals surface area contributed by atoms with E-state index in [4.69, 9.17) is 23.6 Å². The molecule has 0 radical (unpaired) electrons. The highest BCUT2D eigenvalue weighted by atomic mass is 16.7. The van der Waals surface area contributed by atoms with Crippen molar-refractivity contribution >= 4 is 36.2 Å². The summed E-state index contributed by atoms with van der Waals surface area (Å²) in [4.78, 5) is 5.02. The lowest BCUT2D eigenvalue weighted by Crippen LogP contribution is -2.41. The molecule has 0 amide bonds. The molecule has 1 aromatic heterocycles. The summed E-state index contributed by atoms with van der Waals surface area (Å²) in [5, 5.41) is 1.04. The number of rotatable bonds is 3. The molecule has 2 aliphatic heterocycles. The van der Waals surface area contributed by atoms with Gasteiger partial charge in [0.15, 0.2) is 0 Å². The van der Waals surface area contributed by atoms with Gasteiger partial charge in [-0.25, -0.2) is 0 Å². The van der Waals surface area contributed by atoms with Crippen molar-refractivity contribution in [3.63, 3.8) is 0 Å². The first kappa shape index (κ1) is 27.4. The lowest BCUT2D eigenvalue weighted by Gasteiger charge is -2.32. The summed E-state index contributed by atoms with van der Waals surface area (Å²) in [6, 6.07) is 17.2. The topological polar surface area (TPSA) is 49.8 Å². The lowest BCUT2D eigenvalue weighted by atomic mass is 9.77. The standard InChI is InChI=1S/C31H41B2NO4/c1-27(2,3)21-14-12-20(13-15-21)23-19-26(33-37-30(8,9)31(10,11)38-33)34-25-17-16-22(18-24(23)25)32-35-28(4,5)29(6,7)36-32/h12-19H,1-11H3. The van der Waals surface area contributed by atoms with Crippen LogP contribution in [0.2, 0.25) is 0 Å². The van der Waals surface area contributed by atoms with Gasteiger partial charge in [-0.15, -0.1) is 0 Å². The second-order valence-corrected chi connectivity index (χ2v) is 13.9. The minimum atomic E-state index is -0.542. The van der Waals surface area contributed by atoms with Gasteiger partial charge in [0.05, 0.1) is 33.5 Å². The lowest BCUT2D eigenvalue weighted by molar-refractivity contribution is 0.00578. The Morgan fingerprint density at radius 3 is 1.63 bits per heavy atom. The average molecular weight is 513 g/mol. The summed E-state index contributed by atoms with van der Waals surface area (Å²) in [6.45, 7) is 23.3. The number of nitrogens with zero attached hydrogens (tertiary/aromatic N) is 1. The van der Waals surface area contributed by atoms with Gasteiger partial charge >= 0.3 is 14.2 Å². The first-order valence-corrected chi connectivity index (χ1v) is 13.7. The average Bonchev–Trinajstić information content (AvgIpc) is 3.17. The Morgan fingerprint density at radius 2 is 1.13 bits per heavy atom. The minimum Gasteiger partial charge on any atom is -0.399 e. The van der Waals surface area contributed by atoms with E-state index in [1.54, 1.807) is 0 Å². The van der Waals surface area contributed by atoms with Crippen molar-refractivity contribution in [2.75, 3.05) is 0 Å². The zero-order chi connectivity index (χ0) is 27.9. The van der Waals surface area contributed by atoms with Crippen LogP contribution < -0.4 is 11.1 Å². The van der Waals surface area contributed by atoms with E-state index in [9.17, 15) is 0 Å². The highest BCUT2D eigenvalue weighted by molar-refractivity contribution is 6.63. The van der Waals surface area contributed by atoms with Gasteiger partial charge < -0.3 is 18.6 Å². The maximum Gasteiger partial charge on any atom is 0.514 e. The molecule has 5 nitrogen and oxygen atoms in total. The van der Waals surface area contributed by atoms with Gasteiger partial charge in [0, 0.05) is 5.39 Å². The Kier molecular flexibility index (Phi) is 6.24. The summed E-state index contributed by atoms with van der Waals surface area (Å²) in [7, 11) is -0.983. The van der Waals surface area contributed by atoms with E-state index in [2.05, 4.69) is 125 Å². The monoisotopic (exact) mass is 513 g/mol. The molecule has 2 aliphatic rings. The molecule has 2 aromatic carbocycles. The zero-order valence-corrected chi connectivity index (χ0v) is 24.9. The molecule has 2 fully saturated rings. The van der Waals surface area contributed by atoms with E-state index < -0.39 is 36.6 Å². The molecule has 0 N–H and O–H groups in total. The zero-order valence-electron chi connectivity index (χ0n) is 24.9. The quantitative estimate of drug-likeness (QED) is 0.415. The predicted octanol–water partition coefficient (Wildman–Crippen LogP) is 5.80. The van der Waals surface area contributed by atoms with Crippen molar-refractivity contribution < 1.29 is 18.6 Å². The maximum absolute atomic E-state index is 6.38. The van der Waals surface area contributed by atoms with Crippen molar-refractivity contribution in [2.24, 2.45) is 0 Å². The third-order valence-electron chi connectivity index (χ3n) is 8.93. The molecule has 7 heteroatoms. The van der Waals surface area contributed by atoms with Crippen LogP contribution >= 0.6 is 0 Å². The van der Waals surface area contributed by atoms with E-state index >= 15 is 0 Å². The van der Waals surface area contributed by atoms with E-state index in [1.807, 2.05) is 0 Å². The number of benzene rings is 2. The van der Waals surface area contributed by atoms with E-state index in [0.717, 1.165) is 33.1 Å². The Hall–Kier alpha value is -2.18. The van der Waals surface area contributed by atoms with Crippen LogP contribution in [0.25, 0.3) is 22.0 Å². The normalized spacial score (nSPS) is 21.9. The Morgan fingerprint density at radius 1 is 0.632 bits per heavy atom. The van der Waals surface area contributed by atoms with E-state index in [-0.39, 0.29) is 5.41 Å². The van der Waals surface area contributed by atoms with Crippen LogP contribution in [0, 0.1) is 0 Å². The Bertz CT molecular complexity index is 1340. The third-order valence-corrected chi connectivity index (χ3v) is 8.93. The number of pyridine rings is 1. The fourth-order valence-corrected chi connectivity index (χ4v) is 4.86. The number of hydrogen-bond donors (Lipinski definition) is 0. The van der Waals surface area contributed by atoms with Crippen molar-refractivity contribution in [2.45, 2.75) is 104 Å². The molecule has 0 bridgehead atoms. The molecule has 3 heterocycles. The fourth-order valence-electron chi connectivity index (χ4n) is 4.86. The van der Waals surface area contributed by atoms with Crippen molar-refractivity contribution in [3.8, 4) is 11.1 Å². The molecular weight excluding hydrogens is 472 g/mol. The number of hydrogen-bond acceptors (Lipinski definition) is 5. The molecule has 200 valence electrons. The third kappa shape index (κ3) is 4.62. The highest BCUT2D eigenvalue weighted by Gasteiger charge is 2.53. The Balaban J connectivity index is 1.64. The predicted molar refractivity (Wildman–Crippen MR) is 157 cm³/mol. The smallest absolute Gasteiger partial charge is 0.399 e. The van der Waals surface area contributed by atoms with Gasteiger partial charge in [-0.2, -0.15) is 0 Å². The minimum absolute atomic E-state index is 0.0800. The molecule has 5 rings (SSSR count). The molecule has 0 unspecified atom stereocenters. The number of aromatic nitrogens is 1. The van der Waals surface area contributed by atoms with Crippen LogP contribution in [0.15, 0.2) is 48.5 Å². The van der Waals surface area contributed by atoms with Crippen molar-refractivity contribution in [1.82, 2.24) is 4.98 Å². The van der Waals surface area contributed by atoms with E-state index in [1.165, 1.54) is 5.56 Å². The SMILES string of the molecule is CC(C)(C)c1ccc(-c2cc(B3OC(C)(C)C(C)(C)O3)nc3ccc(B4OC(C)(C)C(C)(C)O4)cc23)cc1. The second-order valence-electron chi connectivity index (χ2n) is 13.9. The van der Waals surface area contributed by atoms with Gasteiger partial charge in [0.2, 0.25) is 0 Å². The maximum atomic E-state index is 6.38. The molecular formula is C31H41B2NO4. The van der Waals surface area contributed by atoms with Gasteiger partial charge in [-0.05, 0) is 95.1 Å².